The molecule has 0 spiro atoms. The molecule has 0 N–H and O–H groups in total. The summed E-state index contributed by atoms with van der Waals surface area (Å²) < 4.78 is 0. The highest BCUT2D eigenvalue weighted by Gasteiger charge is 2.18. The molecule has 0 aromatic heterocycles. The first-order valence-electron chi connectivity index (χ1n) is 6.29. The molecular weight excluding hydrogens is 184 g/mol. The summed E-state index contributed by atoms with van der Waals surface area (Å²) in [4.78, 5) is 11.8. The lowest BCUT2D eigenvalue weighted by molar-refractivity contribution is -0.123. The quantitative estimate of drug-likeness (QED) is 0.624. The highest BCUT2D eigenvalue weighted by atomic mass is 16.1. The summed E-state index contributed by atoms with van der Waals surface area (Å²) in [6.07, 6.45) is 10.2. The molecule has 0 fully saturated rings. The van der Waals surface area contributed by atoms with Crippen molar-refractivity contribution in [1.82, 2.24) is 0 Å². The van der Waals surface area contributed by atoms with Gasteiger partial charge in [0.05, 0.1) is 0 Å². The van der Waals surface area contributed by atoms with E-state index in [9.17, 15) is 4.79 Å². The van der Waals surface area contributed by atoms with Gasteiger partial charge in [-0.3, -0.25) is 4.79 Å². The first-order valence-corrected chi connectivity index (χ1v) is 6.29. The predicted octanol–water partition coefficient (Wildman–Crippen LogP) is 3.98. The molecule has 0 radical (unpaired) electrons. The van der Waals surface area contributed by atoms with E-state index < -0.39 is 0 Å². The van der Waals surface area contributed by atoms with Crippen LogP contribution in [0.15, 0.2) is 12.2 Å². The van der Waals surface area contributed by atoms with Crippen LogP contribution in [0.25, 0.3) is 0 Å². The van der Waals surface area contributed by atoms with E-state index in [2.05, 4.69) is 32.9 Å². The normalized spacial score (nSPS) is 23.1. The predicted molar refractivity (Wildman–Crippen MR) is 64.7 cm³/mol. The molecule has 1 aliphatic rings. The number of carbonyl (C=O) groups excluding carboxylic acids is 1. The fourth-order valence-electron chi connectivity index (χ4n) is 2.27. The van der Waals surface area contributed by atoms with Crippen LogP contribution in [0.2, 0.25) is 0 Å². The fraction of sp³-hybridized carbons (Fsp3) is 0.786. The van der Waals surface area contributed by atoms with Gasteiger partial charge in [-0.05, 0) is 37.5 Å². The number of allylic oxidation sites excluding steroid dienone is 2. The van der Waals surface area contributed by atoms with Gasteiger partial charge in [0.15, 0.2) is 0 Å². The lowest BCUT2D eigenvalue weighted by atomic mass is 9.85. The van der Waals surface area contributed by atoms with Gasteiger partial charge in [-0.2, -0.15) is 0 Å². The summed E-state index contributed by atoms with van der Waals surface area (Å²) in [5.41, 5.74) is 0. The van der Waals surface area contributed by atoms with E-state index in [0.29, 0.717) is 17.6 Å². The second kappa shape index (κ2) is 6.09. The van der Waals surface area contributed by atoms with E-state index in [-0.39, 0.29) is 5.92 Å². The molecule has 0 amide bonds. The first-order chi connectivity index (χ1) is 7.09. The smallest absolute Gasteiger partial charge is 0.135 e. The Balaban J connectivity index is 2.33. The molecule has 15 heavy (non-hydrogen) atoms. The summed E-state index contributed by atoms with van der Waals surface area (Å²) >= 11 is 0. The van der Waals surface area contributed by atoms with E-state index >= 15 is 0 Å². The minimum Gasteiger partial charge on any atom is -0.299 e. The van der Waals surface area contributed by atoms with E-state index in [1.807, 2.05) is 0 Å². The van der Waals surface area contributed by atoms with Crippen LogP contribution in [-0.2, 0) is 4.79 Å². The van der Waals surface area contributed by atoms with E-state index in [1.54, 1.807) is 0 Å². The Bertz CT molecular complexity index is 227. The third-order valence-corrected chi connectivity index (χ3v) is 3.17. The van der Waals surface area contributed by atoms with Crippen LogP contribution >= 0.6 is 0 Å². The Morgan fingerprint density at radius 3 is 2.67 bits per heavy atom. The van der Waals surface area contributed by atoms with E-state index in [0.717, 1.165) is 12.8 Å². The largest absolute Gasteiger partial charge is 0.299 e. The lowest BCUT2D eigenvalue weighted by Gasteiger charge is -2.20. The Labute approximate surface area is 93.9 Å². The summed E-state index contributed by atoms with van der Waals surface area (Å²) in [6, 6.07) is 0. The van der Waals surface area contributed by atoms with Crippen molar-refractivity contribution >= 4 is 5.78 Å². The van der Waals surface area contributed by atoms with Crippen molar-refractivity contribution in [2.45, 2.75) is 52.9 Å². The van der Waals surface area contributed by atoms with Crippen LogP contribution < -0.4 is 0 Å². The van der Waals surface area contributed by atoms with Crippen LogP contribution in [0, 0.1) is 17.8 Å². The highest BCUT2D eigenvalue weighted by Crippen LogP contribution is 2.25. The van der Waals surface area contributed by atoms with Gasteiger partial charge in [0.1, 0.15) is 5.78 Å². The van der Waals surface area contributed by atoms with Gasteiger partial charge in [-0.1, -0.05) is 32.9 Å². The number of carbonyl (C=O) groups is 1. The number of hydrogen-bond donors (Lipinski definition) is 0. The topological polar surface area (TPSA) is 17.1 Å². The molecule has 0 aromatic rings. The molecule has 0 aromatic carbocycles. The zero-order chi connectivity index (χ0) is 11.3. The second-order valence-electron chi connectivity index (χ2n) is 5.32. The average Bonchev–Trinajstić information content (AvgIpc) is 2.18. The third kappa shape index (κ3) is 4.63. The standard InChI is InChI=1S/C14H24O/c1-11(2)9-14(15)12(3)10-13-7-5-4-6-8-13/h5,7,11-13H,4,6,8-10H2,1-3H3. The molecule has 0 heterocycles. The number of hydrogen-bond acceptors (Lipinski definition) is 1. The van der Waals surface area contributed by atoms with Crippen LogP contribution in [-0.4, -0.2) is 5.78 Å². The van der Waals surface area contributed by atoms with Gasteiger partial charge in [0, 0.05) is 12.3 Å². The average molecular weight is 208 g/mol. The molecule has 86 valence electrons. The lowest BCUT2D eigenvalue weighted by Crippen LogP contribution is -2.17. The van der Waals surface area contributed by atoms with Gasteiger partial charge < -0.3 is 0 Å². The molecule has 2 unspecified atom stereocenters. The monoisotopic (exact) mass is 208 g/mol. The van der Waals surface area contributed by atoms with Crippen LogP contribution in [0.4, 0.5) is 0 Å². The molecule has 1 nitrogen and oxygen atoms in total. The van der Waals surface area contributed by atoms with Crippen molar-refractivity contribution in [2.75, 3.05) is 0 Å². The highest BCUT2D eigenvalue weighted by molar-refractivity contribution is 5.80. The minimum atomic E-state index is 0.250. The Kier molecular flexibility index (Phi) is 5.07. The zero-order valence-electron chi connectivity index (χ0n) is 10.3. The maximum Gasteiger partial charge on any atom is 0.135 e. The Morgan fingerprint density at radius 2 is 2.13 bits per heavy atom. The van der Waals surface area contributed by atoms with Crippen molar-refractivity contribution in [3.05, 3.63) is 12.2 Å². The molecule has 2 atom stereocenters. The SMILES string of the molecule is CC(C)CC(=O)C(C)CC1C=CCCC1. The van der Waals surface area contributed by atoms with Gasteiger partial charge >= 0.3 is 0 Å². The maximum absolute atomic E-state index is 11.8. The maximum atomic E-state index is 11.8. The van der Waals surface area contributed by atoms with Crippen molar-refractivity contribution in [2.24, 2.45) is 17.8 Å². The van der Waals surface area contributed by atoms with Gasteiger partial charge in [-0.25, -0.2) is 0 Å². The molecule has 1 aliphatic carbocycles. The zero-order valence-corrected chi connectivity index (χ0v) is 10.3. The fourth-order valence-corrected chi connectivity index (χ4v) is 2.27. The Hall–Kier alpha value is -0.590. The number of ketones is 1. The third-order valence-electron chi connectivity index (χ3n) is 3.17. The first kappa shape index (κ1) is 12.5. The van der Waals surface area contributed by atoms with Gasteiger partial charge in [0.25, 0.3) is 0 Å². The minimum absolute atomic E-state index is 0.250. The summed E-state index contributed by atoms with van der Waals surface area (Å²) in [5, 5.41) is 0. The summed E-state index contributed by atoms with van der Waals surface area (Å²) in [5.74, 6) is 1.86. The molecule has 0 saturated carbocycles. The summed E-state index contributed by atoms with van der Waals surface area (Å²) in [7, 11) is 0. The number of Topliss-reactive ketones (excluding diaryl/α,β-unsaturated/α-hetero) is 1. The molecule has 1 heteroatoms. The van der Waals surface area contributed by atoms with Gasteiger partial charge in [-0.15, -0.1) is 0 Å². The van der Waals surface area contributed by atoms with E-state index in [4.69, 9.17) is 0 Å². The molecule has 1 rings (SSSR count). The van der Waals surface area contributed by atoms with Crippen molar-refractivity contribution in [3.63, 3.8) is 0 Å². The van der Waals surface area contributed by atoms with Crippen molar-refractivity contribution in [3.8, 4) is 0 Å². The molecule has 0 saturated heterocycles. The number of rotatable bonds is 5. The van der Waals surface area contributed by atoms with E-state index in [1.165, 1.54) is 19.3 Å². The second-order valence-corrected chi connectivity index (χ2v) is 5.32. The molecule has 0 aliphatic heterocycles. The van der Waals surface area contributed by atoms with Gasteiger partial charge in [0.2, 0.25) is 0 Å². The van der Waals surface area contributed by atoms with Crippen LogP contribution in [0.5, 0.6) is 0 Å². The molecule has 0 bridgehead atoms. The Morgan fingerprint density at radius 1 is 1.40 bits per heavy atom. The van der Waals surface area contributed by atoms with Crippen molar-refractivity contribution in [1.29, 1.82) is 0 Å². The summed E-state index contributed by atoms with van der Waals surface area (Å²) in [6.45, 7) is 6.32. The van der Waals surface area contributed by atoms with Crippen LogP contribution in [0.3, 0.4) is 0 Å². The van der Waals surface area contributed by atoms with Crippen LogP contribution in [0.1, 0.15) is 52.9 Å². The van der Waals surface area contributed by atoms with Crippen molar-refractivity contribution < 1.29 is 4.79 Å². The molecular formula is C14H24O.